The van der Waals surface area contributed by atoms with E-state index < -0.39 is 48.8 Å². The van der Waals surface area contributed by atoms with E-state index in [1.165, 1.54) is 36.2 Å². The second kappa shape index (κ2) is 15.1. The molecule has 1 aliphatic carbocycles. The molecule has 2 amide bonds. The number of likely N-dealkylation sites (N-methyl/N-ethyl adjacent to an activating group) is 1. The first kappa shape index (κ1) is 33.5. The topological polar surface area (TPSA) is 116 Å². The van der Waals surface area contributed by atoms with Crippen LogP contribution in [0, 0.1) is 0 Å². The molecule has 2 N–H and O–H groups in total. The van der Waals surface area contributed by atoms with Gasteiger partial charge in [0, 0.05) is 31.5 Å². The summed E-state index contributed by atoms with van der Waals surface area (Å²) in [5, 5.41) is 12.3. The standard InChI is InChI=1S/C36H37F2N3O6/c1-40(21-32(42)43)36(46)31(19-23-14-16-24(17-15-23)34(37)38)41-18-8-2-3-13-30(35(41)45)39-20-33(44)47-22-29-27-11-6-4-9-25(27)26-10-5-7-12-28(26)29/h2-7,9-12,14-17,29-31,34,39H,8,13,18-22H2,1H3,(H,42,43)/b3-2-/t30-,31-/m0/s1. The molecule has 11 heteroatoms. The van der Waals surface area contributed by atoms with Crippen LogP contribution in [0.25, 0.3) is 11.1 Å². The van der Waals surface area contributed by atoms with E-state index in [0.29, 0.717) is 12.0 Å². The molecule has 1 aliphatic heterocycles. The van der Waals surface area contributed by atoms with Crippen molar-refractivity contribution < 1.29 is 37.8 Å². The van der Waals surface area contributed by atoms with E-state index in [1.807, 2.05) is 60.7 Å². The number of carboxylic acid groups (broad SMARTS) is 1. The zero-order valence-corrected chi connectivity index (χ0v) is 26.0. The largest absolute Gasteiger partial charge is 0.480 e. The van der Waals surface area contributed by atoms with Crippen LogP contribution in [0.15, 0.2) is 84.9 Å². The van der Waals surface area contributed by atoms with Crippen molar-refractivity contribution in [2.45, 2.75) is 43.7 Å². The van der Waals surface area contributed by atoms with Gasteiger partial charge < -0.3 is 19.6 Å². The van der Waals surface area contributed by atoms with Gasteiger partial charge in [0.05, 0.1) is 12.6 Å². The second-order valence-corrected chi connectivity index (χ2v) is 11.7. The molecule has 47 heavy (non-hydrogen) atoms. The Kier molecular flexibility index (Phi) is 10.8. The van der Waals surface area contributed by atoms with E-state index in [-0.39, 0.29) is 44.0 Å². The fourth-order valence-electron chi connectivity index (χ4n) is 6.22. The molecule has 3 aromatic rings. The Morgan fingerprint density at radius 3 is 2.23 bits per heavy atom. The lowest BCUT2D eigenvalue weighted by atomic mass is 9.98. The number of nitrogens with zero attached hydrogens (tertiary/aromatic N) is 2. The molecule has 9 nitrogen and oxygen atoms in total. The maximum Gasteiger partial charge on any atom is 0.323 e. The number of hydrogen-bond donors (Lipinski definition) is 2. The summed E-state index contributed by atoms with van der Waals surface area (Å²) in [6.07, 6.45) is 1.74. The molecule has 0 saturated carbocycles. The Morgan fingerprint density at radius 2 is 1.62 bits per heavy atom. The maximum absolute atomic E-state index is 14.0. The molecular weight excluding hydrogens is 608 g/mol. The first-order valence-corrected chi connectivity index (χ1v) is 15.5. The number of aliphatic carboxylic acids is 1. The third-order valence-electron chi connectivity index (χ3n) is 8.59. The summed E-state index contributed by atoms with van der Waals surface area (Å²) >= 11 is 0. The molecular formula is C36H37F2N3O6. The first-order chi connectivity index (χ1) is 22.6. The van der Waals surface area contributed by atoms with Gasteiger partial charge >= 0.3 is 11.9 Å². The highest BCUT2D eigenvalue weighted by molar-refractivity contribution is 5.91. The van der Waals surface area contributed by atoms with Gasteiger partial charge in [-0.15, -0.1) is 0 Å². The van der Waals surface area contributed by atoms with Crippen LogP contribution in [0.3, 0.4) is 0 Å². The molecule has 0 fully saturated rings. The van der Waals surface area contributed by atoms with Gasteiger partial charge in [-0.3, -0.25) is 24.5 Å². The number of halogens is 2. The van der Waals surface area contributed by atoms with Gasteiger partial charge in [0.25, 0.3) is 6.43 Å². The minimum Gasteiger partial charge on any atom is -0.480 e. The number of benzene rings is 3. The summed E-state index contributed by atoms with van der Waals surface area (Å²) in [6.45, 7) is -0.535. The Labute approximate surface area is 271 Å². The van der Waals surface area contributed by atoms with Crippen LogP contribution in [-0.4, -0.2) is 84.0 Å². The van der Waals surface area contributed by atoms with Gasteiger partial charge in [0.1, 0.15) is 19.2 Å². The van der Waals surface area contributed by atoms with Crippen molar-refractivity contribution in [3.05, 3.63) is 107 Å². The fraction of sp³-hybridized carbons (Fsp3) is 0.333. The molecule has 3 aromatic carbocycles. The van der Waals surface area contributed by atoms with Crippen molar-refractivity contribution in [2.24, 2.45) is 0 Å². The molecule has 1 heterocycles. The zero-order valence-electron chi connectivity index (χ0n) is 26.0. The average Bonchev–Trinajstić information content (AvgIpc) is 3.37. The molecule has 0 bridgehead atoms. The molecule has 0 unspecified atom stereocenters. The van der Waals surface area contributed by atoms with E-state index in [2.05, 4.69) is 5.32 Å². The van der Waals surface area contributed by atoms with Crippen LogP contribution in [0.2, 0.25) is 0 Å². The Bertz CT molecular complexity index is 1600. The Morgan fingerprint density at radius 1 is 0.979 bits per heavy atom. The second-order valence-electron chi connectivity index (χ2n) is 11.7. The van der Waals surface area contributed by atoms with Gasteiger partial charge in [-0.05, 0) is 40.7 Å². The number of rotatable bonds is 12. The zero-order chi connectivity index (χ0) is 33.5. The molecule has 2 aliphatic rings. The summed E-state index contributed by atoms with van der Waals surface area (Å²) in [6, 6.07) is 19.5. The van der Waals surface area contributed by atoms with E-state index in [0.717, 1.165) is 27.2 Å². The summed E-state index contributed by atoms with van der Waals surface area (Å²) in [4.78, 5) is 54.3. The number of carbonyl (C=O) groups is 4. The van der Waals surface area contributed by atoms with Crippen LogP contribution >= 0.6 is 0 Å². The minimum absolute atomic E-state index is 0.0130. The van der Waals surface area contributed by atoms with E-state index >= 15 is 0 Å². The number of carbonyl (C=O) groups excluding carboxylic acids is 3. The number of alkyl halides is 2. The van der Waals surface area contributed by atoms with Crippen molar-refractivity contribution >= 4 is 23.8 Å². The molecule has 0 saturated heterocycles. The lowest BCUT2D eigenvalue weighted by Crippen LogP contribution is -2.57. The van der Waals surface area contributed by atoms with Crippen molar-refractivity contribution in [3.8, 4) is 11.1 Å². The molecule has 0 spiro atoms. The monoisotopic (exact) mass is 645 g/mol. The smallest absolute Gasteiger partial charge is 0.323 e. The van der Waals surface area contributed by atoms with Gasteiger partial charge in [-0.2, -0.15) is 0 Å². The minimum atomic E-state index is -2.66. The average molecular weight is 646 g/mol. The molecule has 0 aromatic heterocycles. The summed E-state index contributed by atoms with van der Waals surface area (Å²) in [5.74, 6) is -2.90. The van der Waals surface area contributed by atoms with Crippen molar-refractivity contribution in [1.29, 1.82) is 0 Å². The number of hydrogen-bond acceptors (Lipinski definition) is 6. The van der Waals surface area contributed by atoms with Gasteiger partial charge in [-0.1, -0.05) is 84.9 Å². The number of fused-ring (bicyclic) bond motifs is 3. The third kappa shape index (κ3) is 7.91. The predicted molar refractivity (Wildman–Crippen MR) is 171 cm³/mol. The van der Waals surface area contributed by atoms with Crippen molar-refractivity contribution in [2.75, 3.05) is 33.3 Å². The first-order valence-electron chi connectivity index (χ1n) is 15.5. The highest BCUT2D eigenvalue weighted by Gasteiger charge is 2.36. The highest BCUT2D eigenvalue weighted by atomic mass is 19.3. The maximum atomic E-state index is 14.0. The lowest BCUT2D eigenvalue weighted by Gasteiger charge is -2.36. The molecule has 0 radical (unpaired) electrons. The fourth-order valence-corrected chi connectivity index (χ4v) is 6.22. The number of amides is 2. The number of carboxylic acids is 1. The Balaban J connectivity index is 1.28. The normalized spacial score (nSPS) is 17.3. The van der Waals surface area contributed by atoms with Crippen LogP contribution in [-0.2, 0) is 30.3 Å². The van der Waals surface area contributed by atoms with Crippen LogP contribution < -0.4 is 5.32 Å². The Hall–Kier alpha value is -4.90. The number of nitrogens with one attached hydrogen (secondary N) is 1. The van der Waals surface area contributed by atoms with Crippen molar-refractivity contribution in [1.82, 2.24) is 15.1 Å². The molecule has 2 atom stereocenters. The summed E-state index contributed by atoms with van der Waals surface area (Å²) in [5.41, 5.74) is 4.74. The van der Waals surface area contributed by atoms with E-state index in [9.17, 15) is 33.1 Å². The predicted octanol–water partition coefficient (Wildman–Crippen LogP) is 4.57. The summed E-state index contributed by atoms with van der Waals surface area (Å²) in [7, 11) is 1.34. The van der Waals surface area contributed by atoms with E-state index in [4.69, 9.17) is 4.74 Å². The van der Waals surface area contributed by atoms with Crippen LogP contribution in [0.5, 0.6) is 0 Å². The lowest BCUT2D eigenvalue weighted by molar-refractivity contribution is -0.150. The van der Waals surface area contributed by atoms with Crippen molar-refractivity contribution in [3.63, 3.8) is 0 Å². The quantitative estimate of drug-likeness (QED) is 0.219. The van der Waals surface area contributed by atoms with Crippen LogP contribution in [0.1, 0.15) is 47.4 Å². The highest BCUT2D eigenvalue weighted by Crippen LogP contribution is 2.44. The third-order valence-corrected chi connectivity index (χ3v) is 8.59. The molecule has 246 valence electrons. The summed E-state index contributed by atoms with van der Waals surface area (Å²) < 4.78 is 32.0. The number of ether oxygens (including phenoxy) is 1. The number of esters is 1. The SMILES string of the molecule is CN(CC(=O)O)C(=O)[C@H](Cc1ccc(C(F)F)cc1)N1CC/C=C\C[C@H](NCC(=O)OCC2c3ccccc3-c3ccccc32)C1=O. The van der Waals surface area contributed by atoms with Gasteiger partial charge in [-0.25, -0.2) is 8.78 Å². The van der Waals surface area contributed by atoms with Gasteiger partial charge in [0.15, 0.2) is 0 Å². The molecule has 5 rings (SSSR count). The van der Waals surface area contributed by atoms with E-state index in [1.54, 1.807) is 0 Å². The van der Waals surface area contributed by atoms with Crippen LogP contribution in [0.4, 0.5) is 8.78 Å². The van der Waals surface area contributed by atoms with Gasteiger partial charge in [0.2, 0.25) is 11.8 Å².